The molecule has 1 saturated heterocycles. The van der Waals surface area contributed by atoms with E-state index in [1.165, 1.54) is 6.08 Å². The van der Waals surface area contributed by atoms with Gasteiger partial charge in [0.2, 0.25) is 11.8 Å². The lowest BCUT2D eigenvalue weighted by Gasteiger charge is -2.17. The van der Waals surface area contributed by atoms with Gasteiger partial charge < -0.3 is 15.0 Å². The van der Waals surface area contributed by atoms with Crippen LogP contribution in [0.4, 0.5) is 11.4 Å². The van der Waals surface area contributed by atoms with Crippen molar-refractivity contribution in [3.8, 4) is 5.75 Å². The highest BCUT2D eigenvalue weighted by Gasteiger charge is 2.22. The zero-order valence-corrected chi connectivity index (χ0v) is 19.1. The maximum Gasteiger partial charge on any atom is 0.248 e. The number of rotatable bonds is 7. The topological polar surface area (TPSA) is 71.5 Å². The molecule has 8 heteroatoms. The Hall–Kier alpha value is -3.16. The van der Waals surface area contributed by atoms with Crippen molar-refractivity contribution in [3.63, 3.8) is 0 Å². The van der Waals surface area contributed by atoms with Gasteiger partial charge in [0.1, 0.15) is 12.4 Å². The van der Waals surface area contributed by atoms with Gasteiger partial charge in [0, 0.05) is 35.7 Å². The van der Waals surface area contributed by atoms with Crippen LogP contribution in [-0.4, -0.2) is 23.3 Å². The Bertz CT molecular complexity index is 1170. The van der Waals surface area contributed by atoms with Crippen LogP contribution < -0.4 is 15.0 Å². The van der Waals surface area contributed by atoms with Crippen molar-refractivity contribution >= 4 is 52.2 Å². The Morgan fingerprint density at radius 3 is 2.91 bits per heavy atom. The quantitative estimate of drug-likeness (QED) is 0.468. The highest BCUT2D eigenvalue weighted by Crippen LogP contribution is 2.30. The number of carbonyl (C=O) groups excluding carboxylic acids is 2. The number of hydrogen-bond donors (Lipinski definition) is 1. The molecule has 1 aliphatic heterocycles. The molecule has 6 nitrogen and oxygen atoms in total. The van der Waals surface area contributed by atoms with Gasteiger partial charge in [-0.1, -0.05) is 29.8 Å². The molecule has 0 aliphatic carbocycles. The molecule has 0 atom stereocenters. The molecule has 2 amide bonds. The van der Waals surface area contributed by atoms with E-state index in [0.717, 1.165) is 28.4 Å². The fourth-order valence-electron chi connectivity index (χ4n) is 3.41. The summed E-state index contributed by atoms with van der Waals surface area (Å²) in [6.45, 7) is 2.98. The molecule has 1 N–H and O–H groups in total. The molecule has 4 rings (SSSR count). The molecule has 32 heavy (non-hydrogen) atoms. The number of halogens is 1. The van der Waals surface area contributed by atoms with Crippen LogP contribution in [0.15, 0.2) is 53.9 Å². The van der Waals surface area contributed by atoms with Crippen molar-refractivity contribution < 1.29 is 14.3 Å². The number of anilines is 2. The van der Waals surface area contributed by atoms with Crippen LogP contribution in [0.1, 0.15) is 29.1 Å². The van der Waals surface area contributed by atoms with Gasteiger partial charge in [-0.15, -0.1) is 11.3 Å². The number of ether oxygens (including phenoxy) is 1. The Balaban J connectivity index is 1.43. The van der Waals surface area contributed by atoms with Crippen LogP contribution >= 0.6 is 22.9 Å². The van der Waals surface area contributed by atoms with Crippen molar-refractivity contribution in [1.82, 2.24) is 4.98 Å². The van der Waals surface area contributed by atoms with Gasteiger partial charge in [-0.25, -0.2) is 4.98 Å². The molecule has 0 spiro atoms. The third kappa shape index (κ3) is 5.36. The summed E-state index contributed by atoms with van der Waals surface area (Å²) in [6.07, 6.45) is 4.49. The first-order valence-electron chi connectivity index (χ1n) is 10.2. The Labute approximate surface area is 195 Å². The van der Waals surface area contributed by atoms with E-state index in [1.54, 1.807) is 40.5 Å². The average Bonchev–Trinajstić information content (AvgIpc) is 3.40. The van der Waals surface area contributed by atoms with Gasteiger partial charge in [-0.2, -0.15) is 0 Å². The van der Waals surface area contributed by atoms with Crippen molar-refractivity contribution in [3.05, 3.63) is 75.2 Å². The summed E-state index contributed by atoms with van der Waals surface area (Å²) in [5.74, 6) is 0.408. The van der Waals surface area contributed by atoms with E-state index in [9.17, 15) is 9.59 Å². The maximum atomic E-state index is 12.5. The highest BCUT2D eigenvalue weighted by atomic mass is 35.5. The van der Waals surface area contributed by atoms with Crippen LogP contribution in [0.25, 0.3) is 6.08 Å². The largest absolute Gasteiger partial charge is 0.487 e. The van der Waals surface area contributed by atoms with Crippen LogP contribution in [0.5, 0.6) is 5.75 Å². The number of nitrogens with one attached hydrogen (secondary N) is 1. The Morgan fingerprint density at radius 1 is 1.31 bits per heavy atom. The minimum Gasteiger partial charge on any atom is -0.487 e. The third-order valence-corrected chi connectivity index (χ3v) is 6.12. The molecule has 3 aromatic rings. The van der Waals surface area contributed by atoms with E-state index in [4.69, 9.17) is 16.3 Å². The SMILES string of the molecule is Cc1nc(COc2ccccc2/C=C/C(=O)Nc2cc(N3CCCC3=O)ccc2Cl)cs1. The van der Waals surface area contributed by atoms with Gasteiger partial charge in [0.05, 0.1) is 21.4 Å². The number of aryl methyl sites for hydroxylation is 1. The normalized spacial score (nSPS) is 13.7. The molecular formula is C24H22ClN3O3S. The summed E-state index contributed by atoms with van der Waals surface area (Å²) in [6, 6.07) is 12.7. The van der Waals surface area contributed by atoms with Gasteiger partial charge in [0.15, 0.2) is 0 Å². The van der Waals surface area contributed by atoms with Gasteiger partial charge >= 0.3 is 0 Å². The maximum absolute atomic E-state index is 12.5. The predicted molar refractivity (Wildman–Crippen MR) is 128 cm³/mol. The van der Waals surface area contributed by atoms with Crippen molar-refractivity contribution in [1.29, 1.82) is 0 Å². The summed E-state index contributed by atoms with van der Waals surface area (Å²) in [7, 11) is 0. The zero-order chi connectivity index (χ0) is 22.5. The van der Waals surface area contributed by atoms with Crippen molar-refractivity contribution in [2.75, 3.05) is 16.8 Å². The molecule has 0 unspecified atom stereocenters. The fourth-order valence-corrected chi connectivity index (χ4v) is 4.18. The minimum atomic E-state index is -0.332. The second kappa shape index (κ2) is 9.97. The molecule has 0 radical (unpaired) electrons. The monoisotopic (exact) mass is 467 g/mol. The van der Waals surface area contributed by atoms with Crippen molar-refractivity contribution in [2.24, 2.45) is 0 Å². The predicted octanol–water partition coefficient (Wildman–Crippen LogP) is 5.46. The van der Waals surface area contributed by atoms with Gasteiger partial charge in [-0.05, 0) is 43.7 Å². The van der Waals surface area contributed by atoms with E-state index >= 15 is 0 Å². The number of thiazole rings is 1. The number of amides is 2. The molecule has 1 aromatic heterocycles. The molecule has 0 bridgehead atoms. The van der Waals surface area contributed by atoms with E-state index in [0.29, 0.717) is 36.0 Å². The third-order valence-electron chi connectivity index (χ3n) is 4.97. The number of para-hydroxylation sites is 1. The van der Waals surface area contributed by atoms with E-state index in [-0.39, 0.29) is 11.8 Å². The van der Waals surface area contributed by atoms with Crippen LogP contribution in [0.2, 0.25) is 5.02 Å². The fraction of sp³-hybridized carbons (Fsp3) is 0.208. The summed E-state index contributed by atoms with van der Waals surface area (Å²) in [5.41, 5.74) is 2.83. The summed E-state index contributed by atoms with van der Waals surface area (Å²) >= 11 is 7.84. The molecule has 2 heterocycles. The first kappa shape index (κ1) is 22.0. The smallest absolute Gasteiger partial charge is 0.248 e. The first-order chi connectivity index (χ1) is 15.5. The number of hydrogen-bond acceptors (Lipinski definition) is 5. The summed E-state index contributed by atoms with van der Waals surface area (Å²) < 4.78 is 5.89. The van der Waals surface area contributed by atoms with Gasteiger partial charge in [0.25, 0.3) is 0 Å². The second-order valence-electron chi connectivity index (χ2n) is 7.32. The lowest BCUT2D eigenvalue weighted by molar-refractivity contribution is -0.117. The molecular weight excluding hydrogens is 446 g/mol. The van der Waals surface area contributed by atoms with Crippen LogP contribution in [-0.2, 0) is 16.2 Å². The van der Waals surface area contributed by atoms with Crippen LogP contribution in [0.3, 0.4) is 0 Å². The Morgan fingerprint density at radius 2 is 2.16 bits per heavy atom. The molecule has 164 valence electrons. The minimum absolute atomic E-state index is 0.0777. The van der Waals surface area contributed by atoms with Crippen molar-refractivity contribution in [2.45, 2.75) is 26.4 Å². The number of aromatic nitrogens is 1. The van der Waals surface area contributed by atoms with E-state index in [1.807, 2.05) is 36.6 Å². The average molecular weight is 468 g/mol. The standard InChI is InChI=1S/C24H22ClN3O3S/c1-16-26-18(15-32-16)14-31-22-6-3-2-5-17(22)8-11-23(29)27-21-13-19(9-10-20(21)25)28-12-4-7-24(28)30/h2-3,5-6,8-11,13,15H,4,7,12,14H2,1H3,(H,27,29)/b11-8+. The first-order valence-corrected chi connectivity index (χ1v) is 11.5. The highest BCUT2D eigenvalue weighted by molar-refractivity contribution is 7.09. The van der Waals surface area contributed by atoms with E-state index in [2.05, 4.69) is 10.3 Å². The molecule has 0 saturated carbocycles. The molecule has 2 aromatic carbocycles. The number of nitrogens with zero attached hydrogens (tertiary/aromatic N) is 2. The lowest BCUT2D eigenvalue weighted by atomic mass is 10.2. The zero-order valence-electron chi connectivity index (χ0n) is 17.5. The van der Waals surface area contributed by atoms with E-state index < -0.39 is 0 Å². The van der Waals surface area contributed by atoms with Crippen LogP contribution in [0, 0.1) is 6.92 Å². The molecule has 1 fully saturated rings. The van der Waals surface area contributed by atoms with Gasteiger partial charge in [-0.3, -0.25) is 9.59 Å². The molecule has 1 aliphatic rings. The lowest BCUT2D eigenvalue weighted by Crippen LogP contribution is -2.23. The second-order valence-corrected chi connectivity index (χ2v) is 8.79. The number of benzene rings is 2. The Kier molecular flexibility index (Phi) is 6.87. The summed E-state index contributed by atoms with van der Waals surface area (Å²) in [5, 5.41) is 6.16. The number of carbonyl (C=O) groups is 2. The summed E-state index contributed by atoms with van der Waals surface area (Å²) in [4.78, 5) is 30.7.